The number of hydrogen-bond donors (Lipinski definition) is 0. The third-order valence-corrected chi connectivity index (χ3v) is 9.27. The Labute approximate surface area is 248 Å². The van der Waals surface area contributed by atoms with Crippen LogP contribution < -0.4 is 15.2 Å². The van der Waals surface area contributed by atoms with Crippen LogP contribution in [-0.4, -0.2) is 16.8 Å². The van der Waals surface area contributed by atoms with Gasteiger partial charge in [-0.3, -0.25) is 19.3 Å². The lowest BCUT2D eigenvalue weighted by Crippen LogP contribution is -2.53. The monoisotopic (exact) mass is 587 g/mol. The smallest absolute Gasteiger partial charge is 0.297 e. The second kappa shape index (κ2) is 8.92. The normalized spacial score (nSPS) is 17.5. The lowest BCUT2D eigenvalue weighted by molar-refractivity contribution is -0.121. The molecule has 9 heteroatoms. The minimum absolute atomic E-state index is 0.0460. The maximum absolute atomic E-state index is 15.0. The van der Waals surface area contributed by atoms with E-state index in [0.717, 1.165) is 27.5 Å². The third kappa shape index (κ3) is 3.39. The predicted molar refractivity (Wildman–Crippen MR) is 163 cm³/mol. The molecule has 1 atom stereocenters. The number of hydrogen-bond acceptors (Lipinski definition) is 6. The van der Waals surface area contributed by atoms with Gasteiger partial charge in [0.2, 0.25) is 5.76 Å². The fraction of sp³-hybridized carbons (Fsp3) is 0.118. The predicted octanol–water partition coefficient (Wildman–Crippen LogP) is 6.61. The number of aromatic nitrogens is 1. The summed E-state index contributed by atoms with van der Waals surface area (Å²) in [5.41, 5.74) is 1.95. The molecule has 2 aliphatic rings. The van der Waals surface area contributed by atoms with Crippen LogP contribution in [-0.2, 0) is 16.9 Å². The number of aryl methyl sites for hydroxylation is 2. The molecule has 4 aromatic carbocycles. The van der Waals surface area contributed by atoms with Crippen LogP contribution >= 0.6 is 11.3 Å². The number of carbonyl (C=O) groups excluding carboxylic acids is 2. The first-order valence-corrected chi connectivity index (χ1v) is 14.6. The summed E-state index contributed by atoms with van der Waals surface area (Å²) in [5.74, 6) is -2.02. The second-order valence-electron chi connectivity index (χ2n) is 10.9. The summed E-state index contributed by atoms with van der Waals surface area (Å²) in [6, 6.07) is 24.2. The van der Waals surface area contributed by atoms with Crippen molar-refractivity contribution in [1.82, 2.24) is 4.98 Å². The van der Waals surface area contributed by atoms with Crippen LogP contribution in [0.3, 0.4) is 0 Å². The van der Waals surface area contributed by atoms with Crippen LogP contribution in [0.2, 0.25) is 0 Å². The van der Waals surface area contributed by atoms with E-state index in [4.69, 9.17) is 9.40 Å². The Morgan fingerprint density at radius 3 is 2.51 bits per heavy atom. The number of thiazole rings is 1. The Kier molecular flexibility index (Phi) is 5.30. The van der Waals surface area contributed by atoms with Gasteiger partial charge < -0.3 is 9.32 Å². The molecule has 8 rings (SSSR count). The average molecular weight is 588 g/mol. The Hall–Kier alpha value is -5.15. The number of para-hydroxylation sites is 1. The molecule has 210 valence electrons. The van der Waals surface area contributed by atoms with Crippen molar-refractivity contribution in [2.45, 2.75) is 25.9 Å². The van der Waals surface area contributed by atoms with E-state index in [2.05, 4.69) is 0 Å². The maximum Gasteiger partial charge on any atom is 0.297 e. The van der Waals surface area contributed by atoms with E-state index in [9.17, 15) is 14.0 Å². The van der Waals surface area contributed by atoms with Gasteiger partial charge in [-0.2, -0.15) is 0 Å². The summed E-state index contributed by atoms with van der Waals surface area (Å²) in [6.45, 7) is 4.14. The van der Waals surface area contributed by atoms with Crippen molar-refractivity contribution < 1.29 is 18.4 Å². The van der Waals surface area contributed by atoms with Crippen LogP contribution in [0.1, 0.15) is 38.4 Å². The zero-order chi connectivity index (χ0) is 29.6. The number of halogens is 1. The fourth-order valence-electron chi connectivity index (χ4n) is 6.51. The minimum Gasteiger partial charge on any atom is -0.450 e. The van der Waals surface area contributed by atoms with Gasteiger partial charge in [0, 0.05) is 5.56 Å². The highest BCUT2D eigenvalue weighted by Crippen LogP contribution is 2.55. The van der Waals surface area contributed by atoms with Crippen LogP contribution in [0.25, 0.3) is 21.2 Å². The molecule has 0 radical (unpaired) electrons. The lowest BCUT2D eigenvalue weighted by Gasteiger charge is -2.32. The second-order valence-corrected chi connectivity index (χ2v) is 12.0. The zero-order valence-corrected chi connectivity index (χ0v) is 23.9. The molecule has 0 bridgehead atoms. The van der Waals surface area contributed by atoms with Gasteiger partial charge in [-0.1, -0.05) is 65.9 Å². The Morgan fingerprint density at radius 2 is 1.70 bits per heavy atom. The number of anilines is 2. The van der Waals surface area contributed by atoms with Crippen molar-refractivity contribution in [3.05, 3.63) is 135 Å². The third-order valence-electron chi connectivity index (χ3n) is 8.28. The van der Waals surface area contributed by atoms with E-state index in [-0.39, 0.29) is 34.0 Å². The van der Waals surface area contributed by atoms with Crippen molar-refractivity contribution in [1.29, 1.82) is 0 Å². The van der Waals surface area contributed by atoms with Crippen molar-refractivity contribution in [2.75, 3.05) is 9.80 Å². The van der Waals surface area contributed by atoms with E-state index in [1.807, 2.05) is 62.4 Å². The quantitative estimate of drug-likeness (QED) is 0.233. The molecule has 1 unspecified atom stereocenters. The van der Waals surface area contributed by atoms with Crippen LogP contribution in [0.4, 0.5) is 15.2 Å². The van der Waals surface area contributed by atoms with Crippen molar-refractivity contribution in [3.8, 4) is 0 Å². The van der Waals surface area contributed by atoms with Gasteiger partial charge in [0.25, 0.3) is 11.8 Å². The molecule has 1 spiro atoms. The topological polar surface area (TPSA) is 83.7 Å². The maximum atomic E-state index is 15.0. The van der Waals surface area contributed by atoms with Crippen molar-refractivity contribution in [2.24, 2.45) is 0 Å². The first-order chi connectivity index (χ1) is 20.8. The highest BCUT2D eigenvalue weighted by Gasteiger charge is 2.66. The van der Waals surface area contributed by atoms with Gasteiger partial charge in [-0.15, -0.1) is 0 Å². The molecule has 0 saturated heterocycles. The van der Waals surface area contributed by atoms with Crippen molar-refractivity contribution in [3.63, 3.8) is 0 Å². The number of fused-ring (bicyclic) bond motifs is 6. The van der Waals surface area contributed by atoms with Gasteiger partial charge in [0.1, 0.15) is 11.4 Å². The van der Waals surface area contributed by atoms with Crippen LogP contribution in [0.15, 0.2) is 94.1 Å². The molecule has 43 heavy (non-hydrogen) atoms. The molecule has 2 aliphatic heterocycles. The summed E-state index contributed by atoms with van der Waals surface area (Å²) in [7, 11) is 0. The highest BCUT2D eigenvalue weighted by atomic mass is 32.1. The number of carbonyl (C=O) groups is 2. The molecule has 0 N–H and O–H groups in total. The number of benzene rings is 4. The van der Waals surface area contributed by atoms with Gasteiger partial charge in [0.05, 0.1) is 33.4 Å². The number of nitrogens with zero attached hydrogens (tertiary/aromatic N) is 3. The molecule has 6 aromatic rings. The van der Waals surface area contributed by atoms with Crippen molar-refractivity contribution >= 4 is 55.2 Å². The van der Waals surface area contributed by atoms with E-state index in [1.54, 1.807) is 23.1 Å². The molecule has 4 heterocycles. The molecule has 0 saturated carbocycles. The summed E-state index contributed by atoms with van der Waals surface area (Å²) in [6.07, 6.45) is 0. The fourth-order valence-corrected chi connectivity index (χ4v) is 7.71. The average Bonchev–Trinajstić information content (AvgIpc) is 3.60. The van der Waals surface area contributed by atoms with E-state index in [1.165, 1.54) is 28.4 Å². The Morgan fingerprint density at radius 1 is 0.930 bits per heavy atom. The molecular formula is C34H22FN3O4S. The van der Waals surface area contributed by atoms with Crippen LogP contribution in [0, 0.1) is 19.7 Å². The molecule has 2 amide bonds. The summed E-state index contributed by atoms with van der Waals surface area (Å²) in [5, 5.41) is 0.217. The summed E-state index contributed by atoms with van der Waals surface area (Å²) in [4.78, 5) is 51.7. The van der Waals surface area contributed by atoms with Gasteiger partial charge in [-0.05, 0) is 60.9 Å². The van der Waals surface area contributed by atoms with Gasteiger partial charge in [0.15, 0.2) is 16.1 Å². The summed E-state index contributed by atoms with van der Waals surface area (Å²) < 4.78 is 21.3. The molecule has 0 fully saturated rings. The molecule has 7 nitrogen and oxygen atoms in total. The minimum atomic E-state index is -1.91. The van der Waals surface area contributed by atoms with Crippen LogP contribution in [0.5, 0.6) is 0 Å². The highest BCUT2D eigenvalue weighted by molar-refractivity contribution is 7.22. The van der Waals surface area contributed by atoms with E-state index >= 15 is 4.79 Å². The van der Waals surface area contributed by atoms with Gasteiger partial charge >= 0.3 is 0 Å². The standard InChI is InChI=1S/C34H22FN3O4S/c1-18-14-19(2)28-26(15-18)43-33(36-28)38-31(40)30-27(29(39)22-16-21(35)12-13-25(22)42-30)34(38)23-10-6-7-11-24(23)37(32(34)41)17-20-8-4-3-5-9-20/h3-16H,17H2,1-2H3. The molecular weight excluding hydrogens is 565 g/mol. The van der Waals surface area contributed by atoms with E-state index in [0.29, 0.717) is 16.8 Å². The molecule has 2 aromatic heterocycles. The SMILES string of the molecule is Cc1cc(C)c2nc(N3C(=O)c4oc5ccc(F)cc5c(=O)c4C34C(=O)N(Cc3ccccc3)c3ccccc34)sc2c1. The Bertz CT molecular complexity index is 2240. The molecule has 0 aliphatic carbocycles. The lowest BCUT2D eigenvalue weighted by atomic mass is 9.84. The van der Waals surface area contributed by atoms with Gasteiger partial charge in [-0.25, -0.2) is 9.37 Å². The van der Waals surface area contributed by atoms with E-state index < -0.39 is 28.6 Å². The first-order valence-electron chi connectivity index (χ1n) is 13.7. The number of amides is 2. The zero-order valence-electron chi connectivity index (χ0n) is 23.1. The number of rotatable bonds is 3. The first kappa shape index (κ1) is 25.6. The summed E-state index contributed by atoms with van der Waals surface area (Å²) >= 11 is 1.27. The largest absolute Gasteiger partial charge is 0.450 e. The Balaban J connectivity index is 1.47.